The van der Waals surface area contributed by atoms with Crippen molar-refractivity contribution < 1.29 is 27.4 Å². The minimum Gasteiger partial charge on any atom is -0.429 e. The van der Waals surface area contributed by atoms with Gasteiger partial charge in [-0.1, -0.05) is 24.3 Å². The summed E-state index contributed by atoms with van der Waals surface area (Å²) in [4.78, 5) is 0. The number of ether oxygens (including phenoxy) is 3. The van der Waals surface area contributed by atoms with Crippen LogP contribution < -0.4 is 4.74 Å². The van der Waals surface area contributed by atoms with Gasteiger partial charge in [-0.05, 0) is 74.3 Å². The molecule has 1 saturated carbocycles. The van der Waals surface area contributed by atoms with Gasteiger partial charge in [0.05, 0.1) is 18.8 Å². The van der Waals surface area contributed by atoms with Crippen LogP contribution in [0.15, 0.2) is 61.2 Å². The van der Waals surface area contributed by atoms with Gasteiger partial charge in [-0.3, -0.25) is 0 Å². The Bertz CT molecular complexity index is 899. The van der Waals surface area contributed by atoms with Gasteiger partial charge in [0.15, 0.2) is 6.29 Å². The van der Waals surface area contributed by atoms with Crippen molar-refractivity contribution in [2.75, 3.05) is 13.2 Å². The number of halogens is 3. The molecule has 1 heterocycles. The monoisotopic (exact) mass is 460 g/mol. The molecule has 2 aromatic carbocycles. The van der Waals surface area contributed by atoms with E-state index >= 15 is 0 Å². The Labute approximate surface area is 193 Å². The molecule has 4 rings (SSSR count). The molecule has 0 bridgehead atoms. The molecule has 0 radical (unpaired) electrons. The third-order valence-corrected chi connectivity index (χ3v) is 6.69. The van der Waals surface area contributed by atoms with Gasteiger partial charge in [-0.25, -0.2) is 4.39 Å². The summed E-state index contributed by atoms with van der Waals surface area (Å²) in [6.07, 6.45) is 4.22. The molecule has 0 atom stereocenters. The van der Waals surface area contributed by atoms with Crippen LogP contribution in [0, 0.1) is 17.7 Å². The van der Waals surface area contributed by atoms with Crippen LogP contribution >= 0.6 is 0 Å². The highest BCUT2D eigenvalue weighted by Crippen LogP contribution is 2.40. The highest BCUT2D eigenvalue weighted by molar-refractivity contribution is 5.29. The second-order valence-electron chi connectivity index (χ2n) is 9.08. The maximum Gasteiger partial charge on any atom is 0.426 e. The predicted molar refractivity (Wildman–Crippen MR) is 121 cm³/mol. The molecule has 0 unspecified atom stereocenters. The van der Waals surface area contributed by atoms with E-state index < -0.39 is 11.9 Å². The first-order valence-corrected chi connectivity index (χ1v) is 11.7. The minimum absolute atomic E-state index is 0.132. The van der Waals surface area contributed by atoms with Crippen molar-refractivity contribution in [2.45, 2.75) is 56.8 Å². The van der Waals surface area contributed by atoms with Crippen molar-refractivity contribution >= 4 is 0 Å². The van der Waals surface area contributed by atoms with Crippen molar-refractivity contribution in [2.24, 2.45) is 11.8 Å². The molecule has 0 spiro atoms. The SMILES string of the molecule is C=CCCC1COC(C2CCC(c3ccc(C(F)(F)Oc4cccc(F)c4)cc3)CC2)OC1. The Kier molecular flexibility index (Phi) is 7.76. The molecule has 33 heavy (non-hydrogen) atoms. The lowest BCUT2D eigenvalue weighted by atomic mass is 9.78. The van der Waals surface area contributed by atoms with E-state index in [9.17, 15) is 13.2 Å². The summed E-state index contributed by atoms with van der Waals surface area (Å²) < 4.78 is 59.1. The first kappa shape index (κ1) is 23.8. The standard InChI is InChI=1S/C27H31F3O3/c1-2-3-5-19-17-31-26(32-18-19)22-10-8-20(9-11-22)21-12-14-23(15-13-21)27(29,30)33-25-7-4-6-24(28)16-25/h2,4,6-7,12-16,19-20,22,26H,1,3,5,8-11,17-18H2. The lowest BCUT2D eigenvalue weighted by Crippen LogP contribution is -2.38. The zero-order valence-electron chi connectivity index (χ0n) is 18.7. The summed E-state index contributed by atoms with van der Waals surface area (Å²) in [5.41, 5.74) is 0.799. The maximum atomic E-state index is 14.5. The number of hydrogen-bond donors (Lipinski definition) is 0. The van der Waals surface area contributed by atoms with E-state index in [-0.39, 0.29) is 17.6 Å². The van der Waals surface area contributed by atoms with E-state index in [2.05, 4.69) is 6.58 Å². The van der Waals surface area contributed by atoms with Crippen LogP contribution in [0.1, 0.15) is 55.6 Å². The number of benzene rings is 2. The third kappa shape index (κ3) is 6.18. The first-order chi connectivity index (χ1) is 15.9. The van der Waals surface area contributed by atoms with Crippen LogP contribution in [-0.4, -0.2) is 19.5 Å². The van der Waals surface area contributed by atoms with E-state index in [0.29, 0.717) is 17.8 Å². The molecule has 1 aliphatic heterocycles. The lowest BCUT2D eigenvalue weighted by Gasteiger charge is -2.37. The van der Waals surface area contributed by atoms with Crippen LogP contribution in [-0.2, 0) is 15.6 Å². The largest absolute Gasteiger partial charge is 0.429 e. The first-order valence-electron chi connectivity index (χ1n) is 11.7. The van der Waals surface area contributed by atoms with Crippen molar-refractivity contribution in [3.05, 3.63) is 78.1 Å². The molecule has 2 fully saturated rings. The molecule has 0 aromatic heterocycles. The quantitative estimate of drug-likeness (QED) is 0.391. The third-order valence-electron chi connectivity index (χ3n) is 6.69. The van der Waals surface area contributed by atoms with Crippen LogP contribution in [0.25, 0.3) is 0 Å². The number of alkyl halides is 2. The summed E-state index contributed by atoms with van der Waals surface area (Å²) in [7, 11) is 0. The Morgan fingerprint density at radius 3 is 2.33 bits per heavy atom. The summed E-state index contributed by atoms with van der Waals surface area (Å²) in [5.74, 6) is 0.325. The molecule has 178 valence electrons. The maximum absolute atomic E-state index is 14.5. The van der Waals surface area contributed by atoms with Gasteiger partial charge >= 0.3 is 6.11 Å². The van der Waals surface area contributed by atoms with Crippen molar-refractivity contribution in [3.63, 3.8) is 0 Å². The summed E-state index contributed by atoms with van der Waals surface area (Å²) in [6, 6.07) is 11.1. The van der Waals surface area contributed by atoms with E-state index in [1.807, 2.05) is 6.08 Å². The molecular weight excluding hydrogens is 429 g/mol. The minimum atomic E-state index is -3.54. The van der Waals surface area contributed by atoms with Gasteiger partial charge in [0, 0.05) is 17.9 Å². The normalized spacial score (nSPS) is 26.0. The van der Waals surface area contributed by atoms with Crippen LogP contribution in [0.4, 0.5) is 13.2 Å². The zero-order valence-corrected chi connectivity index (χ0v) is 18.7. The molecule has 1 aliphatic carbocycles. The van der Waals surface area contributed by atoms with Crippen molar-refractivity contribution in [3.8, 4) is 5.75 Å². The summed E-state index contributed by atoms with van der Waals surface area (Å²) >= 11 is 0. The van der Waals surface area contributed by atoms with E-state index in [1.54, 1.807) is 12.1 Å². The fraction of sp³-hybridized carbons (Fsp3) is 0.481. The second kappa shape index (κ2) is 10.7. The van der Waals surface area contributed by atoms with Crippen molar-refractivity contribution in [1.29, 1.82) is 0 Å². The van der Waals surface area contributed by atoms with Crippen LogP contribution in [0.3, 0.4) is 0 Å². The van der Waals surface area contributed by atoms with Crippen LogP contribution in [0.5, 0.6) is 5.75 Å². The Morgan fingerprint density at radius 1 is 1.00 bits per heavy atom. The fourth-order valence-corrected chi connectivity index (χ4v) is 4.76. The molecule has 2 aliphatic rings. The van der Waals surface area contributed by atoms with E-state index in [4.69, 9.17) is 14.2 Å². The van der Waals surface area contributed by atoms with Gasteiger partial charge < -0.3 is 14.2 Å². The molecule has 0 N–H and O–H groups in total. The van der Waals surface area contributed by atoms with Crippen LogP contribution in [0.2, 0.25) is 0 Å². The zero-order chi connectivity index (χ0) is 23.3. The molecule has 1 saturated heterocycles. The molecule has 3 nitrogen and oxygen atoms in total. The number of hydrogen-bond acceptors (Lipinski definition) is 3. The van der Waals surface area contributed by atoms with Crippen molar-refractivity contribution in [1.82, 2.24) is 0 Å². The average molecular weight is 461 g/mol. The predicted octanol–water partition coefficient (Wildman–Crippen LogP) is 7.18. The van der Waals surface area contributed by atoms with Gasteiger partial charge in [0.1, 0.15) is 11.6 Å². The second-order valence-corrected chi connectivity index (χ2v) is 9.08. The average Bonchev–Trinajstić information content (AvgIpc) is 2.83. The Morgan fingerprint density at radius 2 is 1.70 bits per heavy atom. The number of allylic oxidation sites excluding steroid dienone is 1. The topological polar surface area (TPSA) is 27.7 Å². The highest BCUT2D eigenvalue weighted by atomic mass is 19.3. The Balaban J connectivity index is 1.28. The summed E-state index contributed by atoms with van der Waals surface area (Å²) in [5, 5.41) is 0. The van der Waals surface area contributed by atoms with Gasteiger partial charge in [-0.15, -0.1) is 6.58 Å². The lowest BCUT2D eigenvalue weighted by molar-refractivity contribution is -0.229. The van der Waals surface area contributed by atoms with Gasteiger partial charge in [0.25, 0.3) is 0 Å². The fourth-order valence-electron chi connectivity index (χ4n) is 4.76. The molecule has 0 amide bonds. The highest BCUT2D eigenvalue weighted by Gasteiger charge is 2.36. The van der Waals surface area contributed by atoms with Gasteiger partial charge in [-0.2, -0.15) is 8.78 Å². The molecule has 6 heteroatoms. The smallest absolute Gasteiger partial charge is 0.426 e. The summed E-state index contributed by atoms with van der Waals surface area (Å²) in [6.45, 7) is 5.25. The molecule has 2 aromatic rings. The van der Waals surface area contributed by atoms with Gasteiger partial charge in [0.2, 0.25) is 0 Å². The van der Waals surface area contributed by atoms with E-state index in [0.717, 1.165) is 63.4 Å². The number of rotatable bonds is 8. The Hall–Kier alpha value is -2.31. The molecular formula is C27H31F3O3. The van der Waals surface area contributed by atoms with E-state index in [1.165, 1.54) is 30.3 Å².